The summed E-state index contributed by atoms with van der Waals surface area (Å²) in [7, 11) is 4.17. The lowest BCUT2D eigenvalue weighted by atomic mass is 10.0. The van der Waals surface area contributed by atoms with Crippen LogP contribution in [0, 0.1) is 0 Å². The van der Waals surface area contributed by atoms with Crippen molar-refractivity contribution < 1.29 is 9.53 Å². The summed E-state index contributed by atoms with van der Waals surface area (Å²) in [5, 5.41) is 0. The largest absolute Gasteiger partial charge is 0.448 e. The summed E-state index contributed by atoms with van der Waals surface area (Å²) in [5.74, 6) is 0. The van der Waals surface area contributed by atoms with Gasteiger partial charge >= 0.3 is 6.09 Å². The zero-order chi connectivity index (χ0) is 16.2. The van der Waals surface area contributed by atoms with Crippen LogP contribution in [0.25, 0.3) is 0 Å². The fourth-order valence-corrected chi connectivity index (χ4v) is 3.57. The molecule has 0 aromatic heterocycles. The standard InChI is InChI=1S/C18H27N3O2/c1-19(2)16-7-3-6-15(14-16)17-8-4-9-20(17)10-5-11-21-12-13-23-18(21)22/h3,6-7,14,17H,4-5,8-13H2,1-2H3/t17-/m0/s1. The van der Waals surface area contributed by atoms with E-state index in [0.29, 0.717) is 12.6 Å². The molecule has 126 valence electrons. The minimum absolute atomic E-state index is 0.151. The molecule has 1 amide bonds. The van der Waals surface area contributed by atoms with Crippen LogP contribution in [0.2, 0.25) is 0 Å². The monoisotopic (exact) mass is 317 g/mol. The predicted molar refractivity (Wildman–Crippen MR) is 91.9 cm³/mol. The third-order valence-electron chi connectivity index (χ3n) is 4.85. The zero-order valence-corrected chi connectivity index (χ0v) is 14.2. The molecule has 2 aliphatic rings. The Balaban J connectivity index is 1.57. The molecule has 2 fully saturated rings. The van der Waals surface area contributed by atoms with Crippen molar-refractivity contribution >= 4 is 11.8 Å². The second-order valence-electron chi connectivity index (χ2n) is 6.64. The van der Waals surface area contributed by atoms with Crippen molar-refractivity contribution in [3.8, 4) is 0 Å². The minimum atomic E-state index is -0.151. The van der Waals surface area contributed by atoms with Gasteiger partial charge in [0, 0.05) is 38.9 Å². The highest BCUT2D eigenvalue weighted by atomic mass is 16.6. The fourth-order valence-electron chi connectivity index (χ4n) is 3.57. The maximum Gasteiger partial charge on any atom is 0.409 e. The van der Waals surface area contributed by atoms with Gasteiger partial charge in [0.25, 0.3) is 0 Å². The molecule has 0 unspecified atom stereocenters. The molecule has 5 heteroatoms. The number of benzene rings is 1. The molecule has 0 bridgehead atoms. The lowest BCUT2D eigenvalue weighted by Gasteiger charge is -2.26. The zero-order valence-electron chi connectivity index (χ0n) is 14.2. The Morgan fingerprint density at radius 2 is 2.13 bits per heavy atom. The minimum Gasteiger partial charge on any atom is -0.448 e. The van der Waals surface area contributed by atoms with Gasteiger partial charge in [-0.2, -0.15) is 0 Å². The summed E-state index contributed by atoms with van der Waals surface area (Å²) in [4.78, 5) is 18.0. The Labute approximate surface area is 138 Å². The van der Waals surface area contributed by atoms with Crippen molar-refractivity contribution in [1.82, 2.24) is 9.80 Å². The topological polar surface area (TPSA) is 36.0 Å². The first kappa shape index (κ1) is 16.1. The first-order chi connectivity index (χ1) is 11.1. The highest BCUT2D eigenvalue weighted by Crippen LogP contribution is 2.33. The number of amides is 1. The van der Waals surface area contributed by atoms with Gasteiger partial charge in [0.05, 0.1) is 6.54 Å². The Kier molecular flexibility index (Phi) is 5.06. The molecule has 0 radical (unpaired) electrons. The molecule has 2 heterocycles. The molecule has 0 N–H and O–H groups in total. The second-order valence-corrected chi connectivity index (χ2v) is 6.64. The van der Waals surface area contributed by atoms with Crippen LogP contribution >= 0.6 is 0 Å². The van der Waals surface area contributed by atoms with Gasteiger partial charge in [-0.25, -0.2) is 4.79 Å². The van der Waals surface area contributed by atoms with Crippen LogP contribution in [0.1, 0.15) is 30.9 Å². The van der Waals surface area contributed by atoms with Gasteiger partial charge in [0.1, 0.15) is 6.61 Å². The summed E-state index contributed by atoms with van der Waals surface area (Å²) in [6.45, 7) is 4.29. The van der Waals surface area contributed by atoms with Crippen molar-refractivity contribution in [3.63, 3.8) is 0 Å². The Morgan fingerprint density at radius 3 is 2.87 bits per heavy atom. The third-order valence-corrected chi connectivity index (χ3v) is 4.85. The first-order valence-electron chi connectivity index (χ1n) is 8.58. The van der Waals surface area contributed by atoms with Gasteiger partial charge in [-0.3, -0.25) is 4.90 Å². The Morgan fingerprint density at radius 1 is 1.26 bits per heavy atom. The van der Waals surface area contributed by atoms with Gasteiger partial charge in [0.15, 0.2) is 0 Å². The summed E-state index contributed by atoms with van der Waals surface area (Å²) in [6.07, 6.45) is 3.34. The molecule has 23 heavy (non-hydrogen) atoms. The van der Waals surface area contributed by atoms with Crippen molar-refractivity contribution in [2.75, 3.05) is 51.8 Å². The number of likely N-dealkylation sites (tertiary alicyclic amines) is 1. The summed E-state index contributed by atoms with van der Waals surface area (Å²) in [6, 6.07) is 9.37. The quantitative estimate of drug-likeness (QED) is 0.808. The number of hydrogen-bond donors (Lipinski definition) is 0. The number of cyclic esters (lactones) is 1. The molecule has 3 rings (SSSR count). The van der Waals surface area contributed by atoms with Gasteiger partial charge in [-0.1, -0.05) is 12.1 Å². The summed E-state index contributed by atoms with van der Waals surface area (Å²) >= 11 is 0. The summed E-state index contributed by atoms with van der Waals surface area (Å²) < 4.78 is 4.98. The van der Waals surface area contributed by atoms with E-state index in [1.165, 1.54) is 24.1 Å². The molecule has 5 nitrogen and oxygen atoms in total. The lowest BCUT2D eigenvalue weighted by Crippen LogP contribution is -2.30. The van der Waals surface area contributed by atoms with E-state index in [-0.39, 0.29) is 6.09 Å². The SMILES string of the molecule is CN(C)c1cccc([C@@H]2CCCN2CCCN2CCOC2=O)c1. The average Bonchev–Trinajstić information content (AvgIpc) is 3.17. The van der Waals surface area contributed by atoms with Gasteiger partial charge in [-0.15, -0.1) is 0 Å². The smallest absolute Gasteiger partial charge is 0.409 e. The van der Waals surface area contributed by atoms with E-state index in [0.717, 1.165) is 32.6 Å². The van der Waals surface area contributed by atoms with Gasteiger partial charge in [-0.05, 0) is 43.5 Å². The van der Waals surface area contributed by atoms with Crippen LogP contribution in [0.4, 0.5) is 10.5 Å². The second kappa shape index (κ2) is 7.21. The summed E-state index contributed by atoms with van der Waals surface area (Å²) in [5.41, 5.74) is 2.67. The molecule has 0 spiro atoms. The van der Waals surface area contributed by atoms with Crippen LogP contribution in [0.3, 0.4) is 0 Å². The number of carbonyl (C=O) groups excluding carboxylic acids is 1. The van der Waals surface area contributed by atoms with E-state index in [9.17, 15) is 4.79 Å². The van der Waals surface area contributed by atoms with E-state index in [4.69, 9.17) is 4.74 Å². The number of rotatable bonds is 6. The van der Waals surface area contributed by atoms with Gasteiger partial charge in [0.2, 0.25) is 0 Å². The number of nitrogens with zero attached hydrogens (tertiary/aromatic N) is 3. The molecular formula is C18H27N3O2. The highest BCUT2D eigenvalue weighted by molar-refractivity contribution is 5.69. The van der Waals surface area contributed by atoms with E-state index < -0.39 is 0 Å². The van der Waals surface area contributed by atoms with Crippen LogP contribution in [-0.4, -0.2) is 62.8 Å². The van der Waals surface area contributed by atoms with Crippen molar-refractivity contribution in [1.29, 1.82) is 0 Å². The van der Waals surface area contributed by atoms with Crippen molar-refractivity contribution in [2.45, 2.75) is 25.3 Å². The molecule has 2 aliphatic heterocycles. The number of carbonyl (C=O) groups is 1. The lowest BCUT2D eigenvalue weighted by molar-refractivity contribution is 0.156. The van der Waals surface area contributed by atoms with E-state index in [1.54, 1.807) is 0 Å². The first-order valence-corrected chi connectivity index (χ1v) is 8.58. The van der Waals surface area contributed by atoms with Crippen LogP contribution in [0.5, 0.6) is 0 Å². The van der Waals surface area contributed by atoms with Gasteiger partial charge < -0.3 is 14.5 Å². The molecule has 0 aliphatic carbocycles. The number of ether oxygens (including phenoxy) is 1. The number of anilines is 1. The van der Waals surface area contributed by atoms with Crippen molar-refractivity contribution in [2.24, 2.45) is 0 Å². The van der Waals surface area contributed by atoms with Crippen LogP contribution in [-0.2, 0) is 4.74 Å². The van der Waals surface area contributed by atoms with Crippen molar-refractivity contribution in [3.05, 3.63) is 29.8 Å². The molecule has 1 aromatic rings. The molecular weight excluding hydrogens is 290 g/mol. The van der Waals surface area contributed by atoms with Crippen LogP contribution < -0.4 is 4.90 Å². The predicted octanol–water partition coefficient (Wildman–Crippen LogP) is 2.73. The van der Waals surface area contributed by atoms with E-state index in [2.05, 4.69) is 48.2 Å². The molecule has 1 aromatic carbocycles. The maximum absolute atomic E-state index is 11.5. The normalized spacial score (nSPS) is 21.7. The molecule has 0 saturated carbocycles. The average molecular weight is 317 g/mol. The molecule has 1 atom stereocenters. The third kappa shape index (κ3) is 3.78. The van der Waals surface area contributed by atoms with E-state index >= 15 is 0 Å². The maximum atomic E-state index is 11.5. The molecule has 2 saturated heterocycles. The van der Waals surface area contributed by atoms with Crippen LogP contribution in [0.15, 0.2) is 24.3 Å². The fraction of sp³-hybridized carbons (Fsp3) is 0.611. The number of hydrogen-bond acceptors (Lipinski definition) is 4. The van der Waals surface area contributed by atoms with E-state index in [1.807, 2.05) is 4.90 Å². The Hall–Kier alpha value is -1.75. The highest BCUT2D eigenvalue weighted by Gasteiger charge is 2.27. The Bertz CT molecular complexity index is 547.